The van der Waals surface area contributed by atoms with Crippen LogP contribution in [0.25, 0.3) is 6.08 Å². The fourth-order valence-corrected chi connectivity index (χ4v) is 2.73. The zero-order chi connectivity index (χ0) is 20.0. The minimum Gasteiger partial charge on any atom is -0.346 e. The number of nitrogens with zero attached hydrogens (tertiary/aromatic N) is 5. The van der Waals surface area contributed by atoms with Crippen molar-refractivity contribution in [2.45, 2.75) is 39.9 Å². The fourth-order valence-electron chi connectivity index (χ4n) is 2.73. The predicted octanol–water partition coefficient (Wildman–Crippen LogP) is 3.03. The van der Waals surface area contributed by atoms with Crippen molar-refractivity contribution in [3.8, 4) is 0 Å². The van der Waals surface area contributed by atoms with Gasteiger partial charge < -0.3 is 9.88 Å². The molecule has 0 unspecified atom stereocenters. The van der Waals surface area contributed by atoms with Crippen LogP contribution in [-0.4, -0.2) is 36.5 Å². The Balaban J connectivity index is 1.61. The maximum absolute atomic E-state index is 12.7. The number of allylic oxidation sites excluding steroid dienone is 1. The Morgan fingerprint density at radius 1 is 1.25 bits per heavy atom. The van der Waals surface area contributed by atoms with Crippen molar-refractivity contribution >= 4 is 12.0 Å². The first-order chi connectivity index (χ1) is 13.4. The summed E-state index contributed by atoms with van der Waals surface area (Å²) in [5.74, 6) is -0.224. The lowest BCUT2D eigenvalue weighted by atomic mass is 9.86. The number of carbonyl (C=O) groups is 1. The van der Waals surface area contributed by atoms with Crippen LogP contribution in [0.3, 0.4) is 0 Å². The van der Waals surface area contributed by atoms with E-state index in [1.54, 1.807) is 23.4 Å². The number of aromatic nitrogens is 5. The lowest BCUT2D eigenvalue weighted by Crippen LogP contribution is -2.46. The highest BCUT2D eigenvalue weighted by Crippen LogP contribution is 2.21. The van der Waals surface area contributed by atoms with Crippen LogP contribution in [-0.2, 0) is 13.1 Å². The first-order valence-electron chi connectivity index (χ1n) is 9.30. The molecule has 1 aromatic carbocycles. The van der Waals surface area contributed by atoms with Gasteiger partial charge in [0.25, 0.3) is 5.91 Å². The number of rotatable bonds is 7. The number of imidazole rings is 1. The molecule has 1 atom stereocenters. The van der Waals surface area contributed by atoms with Gasteiger partial charge in [0.1, 0.15) is 0 Å². The highest BCUT2D eigenvalue weighted by atomic mass is 16.2. The third kappa shape index (κ3) is 5.39. The van der Waals surface area contributed by atoms with E-state index in [4.69, 9.17) is 0 Å². The van der Waals surface area contributed by atoms with E-state index in [0.29, 0.717) is 18.8 Å². The van der Waals surface area contributed by atoms with E-state index < -0.39 is 0 Å². The van der Waals surface area contributed by atoms with Gasteiger partial charge in [-0.3, -0.25) is 4.79 Å². The molecule has 0 radical (unpaired) electrons. The molecule has 0 bridgehead atoms. The number of carbonyl (C=O) groups excluding carboxylic acids is 1. The summed E-state index contributed by atoms with van der Waals surface area (Å²) >= 11 is 0. The Kier molecular flexibility index (Phi) is 6.03. The number of hydrogen-bond acceptors (Lipinski definition) is 4. The second-order valence-electron chi connectivity index (χ2n) is 7.79. The molecule has 28 heavy (non-hydrogen) atoms. The fraction of sp³-hybridized carbons (Fsp3) is 0.333. The summed E-state index contributed by atoms with van der Waals surface area (Å²) in [6.45, 7) is 7.48. The standard InChI is InChI=1S/C21H26N6O/c1-21(2,3)19(15-26-13-11-22-16-26)23-20(28)18-14-27(25-24-18)12-7-10-17-8-5-4-6-9-17/h4-11,13-14,16,19H,12,15H2,1-3H3,(H,23,28)/b10-7+/t19-/m1/s1. The molecule has 0 saturated heterocycles. The van der Waals surface area contributed by atoms with Gasteiger partial charge >= 0.3 is 0 Å². The van der Waals surface area contributed by atoms with Crippen LogP contribution in [0.15, 0.2) is 61.3 Å². The largest absolute Gasteiger partial charge is 0.346 e. The smallest absolute Gasteiger partial charge is 0.273 e. The lowest BCUT2D eigenvalue weighted by Gasteiger charge is -2.31. The van der Waals surface area contributed by atoms with Gasteiger partial charge in [0, 0.05) is 18.9 Å². The van der Waals surface area contributed by atoms with Gasteiger partial charge in [-0.15, -0.1) is 5.10 Å². The Bertz CT molecular complexity index is 906. The molecular weight excluding hydrogens is 352 g/mol. The lowest BCUT2D eigenvalue weighted by molar-refractivity contribution is 0.0887. The minimum absolute atomic E-state index is 0.0719. The quantitative estimate of drug-likeness (QED) is 0.685. The number of amides is 1. The monoisotopic (exact) mass is 378 g/mol. The number of nitrogens with one attached hydrogen (secondary N) is 1. The van der Waals surface area contributed by atoms with Crippen LogP contribution in [0, 0.1) is 5.41 Å². The molecule has 0 aliphatic rings. The van der Waals surface area contributed by atoms with Crippen LogP contribution in [0.4, 0.5) is 0 Å². The molecule has 0 aliphatic carbocycles. The molecule has 2 heterocycles. The normalized spacial score (nSPS) is 13.0. The van der Waals surface area contributed by atoms with E-state index in [2.05, 4.69) is 41.4 Å². The zero-order valence-corrected chi connectivity index (χ0v) is 16.5. The average molecular weight is 378 g/mol. The van der Waals surface area contributed by atoms with Gasteiger partial charge in [0.05, 0.1) is 25.1 Å². The topological polar surface area (TPSA) is 77.6 Å². The molecule has 0 fully saturated rings. The maximum Gasteiger partial charge on any atom is 0.273 e. The summed E-state index contributed by atoms with van der Waals surface area (Å²) in [5.41, 5.74) is 1.31. The SMILES string of the molecule is CC(C)(C)[C@@H](Cn1ccnc1)NC(=O)c1cn(C/C=C/c2ccccc2)nn1. The number of hydrogen-bond donors (Lipinski definition) is 1. The molecule has 7 nitrogen and oxygen atoms in total. The van der Waals surface area contributed by atoms with Crippen molar-refractivity contribution in [3.63, 3.8) is 0 Å². The first kappa shape index (κ1) is 19.5. The van der Waals surface area contributed by atoms with Crippen molar-refractivity contribution in [1.29, 1.82) is 0 Å². The second kappa shape index (κ2) is 8.65. The van der Waals surface area contributed by atoms with E-state index in [1.807, 2.05) is 53.2 Å². The first-order valence-corrected chi connectivity index (χ1v) is 9.30. The molecule has 7 heteroatoms. The molecule has 146 valence electrons. The van der Waals surface area contributed by atoms with Gasteiger partial charge in [0.2, 0.25) is 0 Å². The molecular formula is C21H26N6O. The van der Waals surface area contributed by atoms with Crippen LogP contribution < -0.4 is 5.32 Å². The van der Waals surface area contributed by atoms with E-state index >= 15 is 0 Å². The zero-order valence-electron chi connectivity index (χ0n) is 16.5. The average Bonchev–Trinajstić information content (AvgIpc) is 3.33. The molecule has 3 aromatic rings. The van der Waals surface area contributed by atoms with Crippen LogP contribution in [0.2, 0.25) is 0 Å². The molecule has 1 N–H and O–H groups in total. The van der Waals surface area contributed by atoms with Gasteiger partial charge in [-0.2, -0.15) is 0 Å². The van der Waals surface area contributed by atoms with Crippen LogP contribution in [0.5, 0.6) is 0 Å². The Morgan fingerprint density at radius 2 is 2.04 bits per heavy atom. The minimum atomic E-state index is -0.224. The Hall–Kier alpha value is -3.22. The Morgan fingerprint density at radius 3 is 2.71 bits per heavy atom. The van der Waals surface area contributed by atoms with E-state index in [-0.39, 0.29) is 17.4 Å². The predicted molar refractivity (Wildman–Crippen MR) is 108 cm³/mol. The van der Waals surface area contributed by atoms with Crippen LogP contribution in [0.1, 0.15) is 36.8 Å². The van der Waals surface area contributed by atoms with Gasteiger partial charge in [-0.05, 0) is 11.0 Å². The van der Waals surface area contributed by atoms with Gasteiger partial charge in [-0.1, -0.05) is 68.5 Å². The van der Waals surface area contributed by atoms with Crippen molar-refractivity contribution in [3.05, 3.63) is 72.6 Å². The third-order valence-electron chi connectivity index (χ3n) is 4.48. The van der Waals surface area contributed by atoms with Crippen molar-refractivity contribution in [2.24, 2.45) is 5.41 Å². The highest BCUT2D eigenvalue weighted by Gasteiger charge is 2.27. The summed E-state index contributed by atoms with van der Waals surface area (Å²) in [6, 6.07) is 9.96. The summed E-state index contributed by atoms with van der Waals surface area (Å²) in [4.78, 5) is 16.7. The summed E-state index contributed by atoms with van der Waals surface area (Å²) in [5, 5.41) is 11.2. The molecule has 1 amide bonds. The van der Waals surface area contributed by atoms with Gasteiger partial charge in [0.15, 0.2) is 5.69 Å². The van der Waals surface area contributed by atoms with E-state index in [0.717, 1.165) is 5.56 Å². The Labute approximate surface area is 165 Å². The molecule has 3 rings (SSSR count). The van der Waals surface area contributed by atoms with Crippen molar-refractivity contribution in [1.82, 2.24) is 29.9 Å². The van der Waals surface area contributed by atoms with Crippen LogP contribution >= 0.6 is 0 Å². The van der Waals surface area contributed by atoms with Crippen molar-refractivity contribution < 1.29 is 4.79 Å². The summed E-state index contributed by atoms with van der Waals surface area (Å²) in [6.07, 6.45) is 11.0. The summed E-state index contributed by atoms with van der Waals surface area (Å²) < 4.78 is 3.61. The molecule has 0 aliphatic heterocycles. The molecule has 0 saturated carbocycles. The highest BCUT2D eigenvalue weighted by molar-refractivity contribution is 5.92. The molecule has 2 aromatic heterocycles. The maximum atomic E-state index is 12.7. The van der Waals surface area contributed by atoms with E-state index in [9.17, 15) is 4.79 Å². The number of benzene rings is 1. The third-order valence-corrected chi connectivity index (χ3v) is 4.48. The van der Waals surface area contributed by atoms with Crippen molar-refractivity contribution in [2.75, 3.05) is 0 Å². The second-order valence-corrected chi connectivity index (χ2v) is 7.79. The molecule has 0 spiro atoms. The van der Waals surface area contributed by atoms with E-state index in [1.165, 1.54) is 0 Å². The summed E-state index contributed by atoms with van der Waals surface area (Å²) in [7, 11) is 0. The van der Waals surface area contributed by atoms with Gasteiger partial charge in [-0.25, -0.2) is 9.67 Å².